The van der Waals surface area contributed by atoms with Gasteiger partial charge in [-0.05, 0) is 64.5 Å². The summed E-state index contributed by atoms with van der Waals surface area (Å²) < 4.78 is 57.3. The van der Waals surface area contributed by atoms with Gasteiger partial charge in [0.25, 0.3) is 11.7 Å². The van der Waals surface area contributed by atoms with Crippen LogP contribution in [0.2, 0.25) is 0 Å². The molecule has 16 heteroatoms. The molecule has 2 amide bonds. The highest BCUT2D eigenvalue weighted by Gasteiger charge is 2.43. The van der Waals surface area contributed by atoms with Crippen molar-refractivity contribution in [3.63, 3.8) is 0 Å². The summed E-state index contributed by atoms with van der Waals surface area (Å²) in [5.41, 5.74) is 0.382. The first-order chi connectivity index (χ1) is 19.8. The Hall–Kier alpha value is -3.82. The van der Waals surface area contributed by atoms with Crippen molar-refractivity contribution >= 4 is 17.8 Å². The number of alkyl halides is 3. The van der Waals surface area contributed by atoms with Crippen LogP contribution in [-0.2, 0) is 9.47 Å². The number of hydrogen-bond donors (Lipinski definition) is 1. The molecule has 0 aromatic carbocycles. The van der Waals surface area contributed by atoms with Gasteiger partial charge in [0, 0.05) is 6.54 Å². The van der Waals surface area contributed by atoms with Crippen molar-refractivity contribution in [1.29, 1.82) is 0 Å². The maximum atomic E-state index is 13.4. The Kier molecular flexibility index (Phi) is 8.09. The van der Waals surface area contributed by atoms with Gasteiger partial charge < -0.3 is 14.8 Å². The fraction of sp³-hybridized carbons (Fsp3) is 0.654. The van der Waals surface area contributed by atoms with Gasteiger partial charge in [0.05, 0.1) is 49.0 Å². The molecule has 1 aliphatic carbocycles. The zero-order valence-corrected chi connectivity index (χ0v) is 23.7. The molecule has 1 N–H and O–H groups in total. The number of amides is 2. The van der Waals surface area contributed by atoms with Gasteiger partial charge in [-0.2, -0.15) is 18.3 Å². The number of aromatic nitrogens is 6. The number of carbonyl (C=O) groups is 2. The van der Waals surface area contributed by atoms with E-state index in [1.807, 2.05) is 0 Å². The van der Waals surface area contributed by atoms with Crippen LogP contribution < -0.4 is 5.32 Å². The van der Waals surface area contributed by atoms with E-state index in [2.05, 4.69) is 35.3 Å². The Morgan fingerprint density at radius 3 is 2.50 bits per heavy atom. The summed E-state index contributed by atoms with van der Waals surface area (Å²) in [5, 5.41) is 14.6. The number of imidazole rings is 1. The van der Waals surface area contributed by atoms with Crippen LogP contribution in [0.5, 0.6) is 0 Å². The molecule has 3 aromatic heterocycles. The van der Waals surface area contributed by atoms with E-state index >= 15 is 0 Å². The maximum Gasteiger partial charge on any atom is 0.411 e. The fourth-order valence-electron chi connectivity index (χ4n) is 5.36. The van der Waals surface area contributed by atoms with Crippen LogP contribution in [0.3, 0.4) is 0 Å². The van der Waals surface area contributed by atoms with Crippen LogP contribution in [0.25, 0.3) is 5.78 Å². The van der Waals surface area contributed by atoms with Gasteiger partial charge in [-0.3, -0.25) is 9.69 Å². The molecular formula is C26H33F3N8O5. The quantitative estimate of drug-likeness (QED) is 0.460. The molecule has 3 aromatic rings. The van der Waals surface area contributed by atoms with Crippen LogP contribution in [0.1, 0.15) is 86.1 Å². The molecule has 2 aliphatic rings. The van der Waals surface area contributed by atoms with E-state index in [0.717, 1.165) is 0 Å². The van der Waals surface area contributed by atoms with E-state index in [0.29, 0.717) is 24.5 Å². The monoisotopic (exact) mass is 594 g/mol. The van der Waals surface area contributed by atoms with Crippen LogP contribution in [0.4, 0.5) is 18.0 Å². The SMILES string of the molecule is Cc1nonc1C(=O)N[C@H](c1cn2ncc(C3COCCN3C(=O)OC(C)(C)C)nc2n1)C1CCC(C(F)(F)F)CC1. The summed E-state index contributed by atoms with van der Waals surface area (Å²) in [4.78, 5) is 36.7. The van der Waals surface area contributed by atoms with E-state index in [1.54, 1.807) is 33.9 Å². The van der Waals surface area contributed by atoms with Gasteiger partial charge in [0.15, 0.2) is 5.69 Å². The summed E-state index contributed by atoms with van der Waals surface area (Å²) in [6.07, 6.45) is -1.33. The fourth-order valence-corrected chi connectivity index (χ4v) is 5.36. The molecule has 42 heavy (non-hydrogen) atoms. The first-order valence-electron chi connectivity index (χ1n) is 13.8. The van der Waals surface area contributed by atoms with E-state index < -0.39 is 41.8 Å². The third kappa shape index (κ3) is 6.47. The first-order valence-corrected chi connectivity index (χ1v) is 13.8. The molecular weight excluding hydrogens is 561 g/mol. The van der Waals surface area contributed by atoms with E-state index in [1.165, 1.54) is 15.6 Å². The number of nitrogens with zero attached hydrogens (tertiary/aromatic N) is 7. The van der Waals surface area contributed by atoms with Gasteiger partial charge in [-0.25, -0.2) is 23.9 Å². The topological polar surface area (TPSA) is 150 Å². The molecule has 1 saturated carbocycles. The number of halogens is 3. The van der Waals surface area contributed by atoms with Gasteiger partial charge in [0.2, 0.25) is 0 Å². The molecule has 0 bridgehead atoms. The Bertz CT molecular complexity index is 1430. The zero-order valence-electron chi connectivity index (χ0n) is 23.7. The van der Waals surface area contributed by atoms with Crippen LogP contribution in [0, 0.1) is 18.8 Å². The third-order valence-corrected chi connectivity index (χ3v) is 7.51. The van der Waals surface area contributed by atoms with Crippen LogP contribution in [-0.4, -0.2) is 78.3 Å². The molecule has 13 nitrogen and oxygen atoms in total. The molecule has 2 fully saturated rings. The number of hydrogen-bond acceptors (Lipinski definition) is 10. The van der Waals surface area contributed by atoms with Crippen LogP contribution >= 0.6 is 0 Å². The first kappa shape index (κ1) is 29.7. The minimum atomic E-state index is -4.27. The lowest BCUT2D eigenvalue weighted by Gasteiger charge is -2.36. The molecule has 0 spiro atoms. The number of aryl methyl sites for hydroxylation is 1. The number of rotatable bonds is 5. The number of ether oxygens (including phenoxy) is 2. The Balaban J connectivity index is 1.43. The van der Waals surface area contributed by atoms with Gasteiger partial charge in [0.1, 0.15) is 17.3 Å². The third-order valence-electron chi connectivity index (χ3n) is 7.51. The Morgan fingerprint density at radius 1 is 1.12 bits per heavy atom. The molecule has 228 valence electrons. The number of nitrogens with one attached hydrogen (secondary N) is 1. The lowest BCUT2D eigenvalue weighted by molar-refractivity contribution is -0.184. The Labute approximate surface area is 239 Å². The number of morpholine rings is 1. The molecule has 1 aliphatic heterocycles. The van der Waals surface area contributed by atoms with Crippen LogP contribution in [0.15, 0.2) is 17.0 Å². The largest absolute Gasteiger partial charge is 0.444 e. The van der Waals surface area contributed by atoms with Crippen molar-refractivity contribution in [1.82, 2.24) is 40.1 Å². The maximum absolute atomic E-state index is 13.4. The Morgan fingerprint density at radius 2 is 1.86 bits per heavy atom. The second-order valence-electron chi connectivity index (χ2n) is 11.7. The minimum Gasteiger partial charge on any atom is -0.444 e. The second kappa shape index (κ2) is 11.5. The molecule has 0 radical (unpaired) electrons. The number of fused-ring (bicyclic) bond motifs is 1. The standard InChI is InChI=1S/C26H33F3N8O5/c1-14-20(35-42-34-14)22(38)33-21(15-5-7-16(8-6-15)26(27,28)29)18-12-37-23(32-18)31-17(11-30-37)19-13-40-10-9-36(19)24(39)41-25(2,3)4/h11-12,15-16,19,21H,5-10,13H2,1-4H3,(H,33,38)/t15?,16?,19?,21-/m0/s1. The van der Waals surface area contributed by atoms with Gasteiger partial charge >= 0.3 is 12.3 Å². The summed E-state index contributed by atoms with van der Waals surface area (Å²) >= 11 is 0. The molecule has 1 unspecified atom stereocenters. The summed E-state index contributed by atoms with van der Waals surface area (Å²) in [6.45, 7) is 7.74. The van der Waals surface area contributed by atoms with Crippen molar-refractivity contribution in [2.45, 2.75) is 77.2 Å². The molecule has 1 saturated heterocycles. The van der Waals surface area contributed by atoms with Crippen molar-refractivity contribution in [2.75, 3.05) is 19.8 Å². The average Bonchev–Trinajstić information content (AvgIpc) is 3.56. The van der Waals surface area contributed by atoms with Crippen molar-refractivity contribution in [2.24, 2.45) is 11.8 Å². The lowest BCUT2D eigenvalue weighted by Crippen LogP contribution is -2.46. The molecule has 2 atom stereocenters. The summed E-state index contributed by atoms with van der Waals surface area (Å²) in [6, 6.07) is -1.31. The highest BCUT2D eigenvalue weighted by Crippen LogP contribution is 2.43. The van der Waals surface area contributed by atoms with Crippen molar-refractivity contribution in [3.8, 4) is 0 Å². The molecule has 5 rings (SSSR count). The van der Waals surface area contributed by atoms with E-state index in [9.17, 15) is 22.8 Å². The lowest BCUT2D eigenvalue weighted by atomic mass is 9.77. The predicted molar refractivity (Wildman–Crippen MR) is 138 cm³/mol. The summed E-state index contributed by atoms with van der Waals surface area (Å²) in [7, 11) is 0. The zero-order chi connectivity index (χ0) is 30.2. The van der Waals surface area contributed by atoms with E-state index in [-0.39, 0.29) is 55.4 Å². The van der Waals surface area contributed by atoms with Crippen molar-refractivity contribution < 1.29 is 36.9 Å². The van der Waals surface area contributed by atoms with E-state index in [4.69, 9.17) is 9.47 Å². The average molecular weight is 595 g/mol. The summed E-state index contributed by atoms with van der Waals surface area (Å²) in [5.74, 6) is -2.10. The minimum absolute atomic E-state index is 0.0224. The normalized spacial score (nSPS) is 22.6. The van der Waals surface area contributed by atoms with Crippen molar-refractivity contribution in [3.05, 3.63) is 35.2 Å². The predicted octanol–water partition coefficient (Wildman–Crippen LogP) is 3.96. The molecule has 4 heterocycles. The smallest absolute Gasteiger partial charge is 0.411 e. The second-order valence-corrected chi connectivity index (χ2v) is 11.7. The highest BCUT2D eigenvalue weighted by molar-refractivity contribution is 5.93. The van der Waals surface area contributed by atoms with Gasteiger partial charge in [-0.1, -0.05) is 5.16 Å². The highest BCUT2D eigenvalue weighted by atomic mass is 19.4. The number of carbonyl (C=O) groups excluding carboxylic acids is 2. The van der Waals surface area contributed by atoms with Gasteiger partial charge in [-0.15, -0.1) is 0 Å².